The van der Waals surface area contributed by atoms with Crippen LogP contribution in [0.15, 0.2) is 48.5 Å². The van der Waals surface area contributed by atoms with Crippen molar-refractivity contribution in [2.75, 3.05) is 25.3 Å². The summed E-state index contributed by atoms with van der Waals surface area (Å²) in [5, 5.41) is 10.6. The number of fused-ring (bicyclic) bond motifs is 3. The van der Waals surface area contributed by atoms with Crippen LogP contribution in [0.4, 0.5) is 15.8 Å². The molecule has 1 amide bonds. The second-order valence-corrected chi connectivity index (χ2v) is 10.8. The Bertz CT molecular complexity index is 1540. The number of hydrogen-bond acceptors (Lipinski definition) is 7. The molecule has 0 aliphatic carbocycles. The molecule has 3 aromatic carbocycles. The van der Waals surface area contributed by atoms with Crippen molar-refractivity contribution in [3.63, 3.8) is 0 Å². The highest BCUT2D eigenvalue weighted by atomic mass is 35.5. The van der Waals surface area contributed by atoms with Crippen LogP contribution in [0.1, 0.15) is 52.9 Å². The van der Waals surface area contributed by atoms with Gasteiger partial charge in [-0.05, 0) is 47.9 Å². The van der Waals surface area contributed by atoms with Gasteiger partial charge in [0, 0.05) is 46.0 Å². The van der Waals surface area contributed by atoms with Crippen LogP contribution in [0.2, 0.25) is 10.0 Å². The van der Waals surface area contributed by atoms with Crippen molar-refractivity contribution in [1.29, 1.82) is 0 Å². The van der Waals surface area contributed by atoms with Crippen molar-refractivity contribution in [2.45, 2.75) is 43.4 Å². The first-order chi connectivity index (χ1) is 18.7. The summed E-state index contributed by atoms with van der Waals surface area (Å²) in [6.07, 6.45) is 0.534. The molecule has 6 rings (SSSR count). The average Bonchev–Trinajstić information content (AvgIpc) is 3.54. The van der Waals surface area contributed by atoms with Crippen LogP contribution in [-0.4, -0.2) is 38.2 Å². The van der Waals surface area contributed by atoms with E-state index in [0.717, 1.165) is 5.56 Å². The highest BCUT2D eigenvalue weighted by molar-refractivity contribution is 6.31. The zero-order valence-corrected chi connectivity index (χ0v) is 22.5. The molecule has 0 aromatic heterocycles. The summed E-state index contributed by atoms with van der Waals surface area (Å²) >= 11 is 12.4. The Morgan fingerprint density at radius 3 is 2.62 bits per heavy atom. The van der Waals surface area contributed by atoms with E-state index >= 15 is 4.39 Å². The van der Waals surface area contributed by atoms with Crippen molar-refractivity contribution in [3.05, 3.63) is 86.6 Å². The average molecular weight is 587 g/mol. The Morgan fingerprint density at radius 1 is 1.12 bits per heavy atom. The Balaban J connectivity index is 0.00000323. The third-order valence-corrected chi connectivity index (χ3v) is 8.60. The minimum atomic E-state index is -1.25. The SMILES string of the molecule is C.COC(=O)c1cc(N)c(C2C[C@@H]3N[C@@]4(C(=O)Nc5cc(Cl)ccc54)[C@@H](c4cccc(Cl)c4F)[C@@H]3N2)cc1OC. The number of rotatable bonds is 4. The van der Waals surface area contributed by atoms with Gasteiger partial charge in [0.15, 0.2) is 0 Å². The van der Waals surface area contributed by atoms with E-state index in [0.29, 0.717) is 39.7 Å². The number of benzene rings is 3. The van der Waals surface area contributed by atoms with Crippen LogP contribution in [0.25, 0.3) is 0 Å². The smallest absolute Gasteiger partial charge is 0.341 e. The van der Waals surface area contributed by atoms with Gasteiger partial charge in [-0.1, -0.05) is 48.8 Å². The van der Waals surface area contributed by atoms with Gasteiger partial charge < -0.3 is 25.8 Å². The van der Waals surface area contributed by atoms with E-state index in [2.05, 4.69) is 16.0 Å². The van der Waals surface area contributed by atoms with Crippen molar-refractivity contribution < 1.29 is 23.5 Å². The molecule has 3 heterocycles. The topological polar surface area (TPSA) is 115 Å². The quantitative estimate of drug-likeness (QED) is 0.247. The molecule has 0 bridgehead atoms. The lowest BCUT2D eigenvalue weighted by atomic mass is 9.74. The number of methoxy groups -OCH3 is 2. The normalized spacial score (nSPS) is 26.2. The van der Waals surface area contributed by atoms with E-state index in [-0.39, 0.29) is 42.0 Å². The van der Waals surface area contributed by atoms with Crippen LogP contribution >= 0.6 is 23.2 Å². The molecular formula is C29H29Cl2FN4O4. The molecule has 40 heavy (non-hydrogen) atoms. The highest BCUT2D eigenvalue weighted by Gasteiger charge is 2.64. The minimum Gasteiger partial charge on any atom is -0.496 e. The first-order valence-electron chi connectivity index (χ1n) is 12.3. The molecule has 0 radical (unpaired) electrons. The standard InChI is InChI=1S/C28H25Cl2FN4O4.CH4/c1-38-22-10-14(18(32)9-15(22)26(36)39-2)19-11-21-25(33-19)23(13-4-3-5-17(30)24(13)31)28(35-21)16-7-6-12(29)8-20(16)34-27(28)37;/h3-10,19,21,23,25,33,35H,11,32H2,1-2H3,(H,34,37);1H4/t19?,21-,23-,25+,28+;/m0./s1. The molecule has 2 fully saturated rings. The molecule has 3 aromatic rings. The monoisotopic (exact) mass is 586 g/mol. The van der Waals surface area contributed by atoms with Gasteiger partial charge in [-0.15, -0.1) is 0 Å². The third kappa shape index (κ3) is 4.03. The third-order valence-electron chi connectivity index (χ3n) is 8.07. The number of esters is 1. The Morgan fingerprint density at radius 2 is 1.90 bits per heavy atom. The van der Waals surface area contributed by atoms with Crippen LogP contribution in [0, 0.1) is 5.82 Å². The van der Waals surface area contributed by atoms with Crippen molar-refractivity contribution in [1.82, 2.24) is 10.6 Å². The zero-order valence-electron chi connectivity index (χ0n) is 21.0. The highest BCUT2D eigenvalue weighted by Crippen LogP contribution is 2.55. The van der Waals surface area contributed by atoms with Gasteiger partial charge >= 0.3 is 5.97 Å². The number of carbonyl (C=O) groups is 2. The number of halogens is 3. The molecule has 1 unspecified atom stereocenters. The molecule has 8 nitrogen and oxygen atoms in total. The van der Waals surface area contributed by atoms with Crippen molar-refractivity contribution >= 4 is 46.5 Å². The van der Waals surface area contributed by atoms with Crippen LogP contribution in [-0.2, 0) is 15.1 Å². The molecule has 210 valence electrons. The number of hydrogen-bond donors (Lipinski definition) is 4. The van der Waals surface area contributed by atoms with Gasteiger partial charge in [0.2, 0.25) is 5.91 Å². The molecular weight excluding hydrogens is 558 g/mol. The van der Waals surface area contributed by atoms with Gasteiger partial charge in [0.1, 0.15) is 22.7 Å². The van der Waals surface area contributed by atoms with Gasteiger partial charge in [-0.25, -0.2) is 9.18 Å². The maximum atomic E-state index is 15.6. The van der Waals surface area contributed by atoms with Crippen LogP contribution < -0.4 is 26.4 Å². The lowest BCUT2D eigenvalue weighted by molar-refractivity contribution is -0.122. The largest absolute Gasteiger partial charge is 0.496 e. The first kappa shape index (κ1) is 28.2. The summed E-state index contributed by atoms with van der Waals surface area (Å²) in [4.78, 5) is 25.9. The lowest BCUT2D eigenvalue weighted by Gasteiger charge is -2.34. The summed E-state index contributed by atoms with van der Waals surface area (Å²) < 4.78 is 25.9. The molecule has 11 heteroatoms. The second kappa shape index (κ2) is 10.2. The number of ether oxygens (including phenoxy) is 2. The van der Waals surface area contributed by atoms with Crippen LogP contribution in [0.3, 0.4) is 0 Å². The van der Waals surface area contributed by atoms with Crippen LogP contribution in [0.5, 0.6) is 5.75 Å². The first-order valence-corrected chi connectivity index (χ1v) is 13.1. The molecule has 3 aliphatic heterocycles. The van der Waals surface area contributed by atoms with Gasteiger partial charge in [-0.2, -0.15) is 0 Å². The van der Waals surface area contributed by atoms with E-state index in [4.69, 9.17) is 38.4 Å². The summed E-state index contributed by atoms with van der Waals surface area (Å²) in [6, 6.07) is 12.4. The fraction of sp³-hybridized carbons (Fsp3) is 0.310. The maximum Gasteiger partial charge on any atom is 0.341 e. The zero-order chi connectivity index (χ0) is 27.6. The maximum absolute atomic E-state index is 15.6. The molecule has 5 N–H and O–H groups in total. The summed E-state index contributed by atoms with van der Waals surface area (Å²) in [5.41, 5.74) is 8.05. The summed E-state index contributed by atoms with van der Waals surface area (Å²) in [6.45, 7) is 0. The lowest BCUT2D eigenvalue weighted by Crippen LogP contribution is -2.50. The molecule has 0 saturated carbocycles. The van der Waals surface area contributed by atoms with Gasteiger partial charge in [0.05, 0.1) is 19.2 Å². The van der Waals surface area contributed by atoms with E-state index in [1.807, 2.05) is 0 Å². The number of nitrogens with two attached hydrogens (primary N) is 1. The van der Waals surface area contributed by atoms with E-state index in [1.165, 1.54) is 26.4 Å². The van der Waals surface area contributed by atoms with E-state index in [1.54, 1.807) is 36.4 Å². The van der Waals surface area contributed by atoms with Gasteiger partial charge in [-0.3, -0.25) is 10.1 Å². The number of nitrogens with one attached hydrogen (secondary N) is 3. The number of carbonyl (C=O) groups excluding carboxylic acids is 2. The molecule has 2 saturated heterocycles. The van der Waals surface area contributed by atoms with Gasteiger partial charge in [0.25, 0.3) is 0 Å². The number of anilines is 2. The predicted octanol–water partition coefficient (Wildman–Crippen LogP) is 5.15. The predicted molar refractivity (Wildman–Crippen MR) is 153 cm³/mol. The minimum absolute atomic E-state index is 0. The van der Waals surface area contributed by atoms with Crippen molar-refractivity contribution in [2.24, 2.45) is 0 Å². The summed E-state index contributed by atoms with van der Waals surface area (Å²) in [5.74, 6) is -1.76. The fourth-order valence-electron chi connectivity index (χ4n) is 6.46. The Hall–Kier alpha value is -3.37. The summed E-state index contributed by atoms with van der Waals surface area (Å²) in [7, 11) is 2.75. The molecule has 5 atom stereocenters. The van der Waals surface area contributed by atoms with Crippen molar-refractivity contribution in [3.8, 4) is 5.75 Å². The van der Waals surface area contributed by atoms with E-state index < -0.39 is 23.2 Å². The number of amides is 1. The molecule has 1 spiro atoms. The fourth-order valence-corrected chi connectivity index (χ4v) is 6.82. The second-order valence-electron chi connectivity index (χ2n) is 9.98. The molecule has 3 aliphatic rings. The Labute approximate surface area is 241 Å². The Kier molecular flexibility index (Phi) is 7.20. The van der Waals surface area contributed by atoms with E-state index in [9.17, 15) is 9.59 Å². The number of nitrogen functional groups attached to an aromatic ring is 1.